The number of anilines is 1. The van der Waals surface area contributed by atoms with E-state index in [-0.39, 0.29) is 12.5 Å². The van der Waals surface area contributed by atoms with Crippen LogP contribution in [0.15, 0.2) is 29.4 Å². The average Bonchev–Trinajstić information content (AvgIpc) is 2.30. The fourth-order valence-corrected chi connectivity index (χ4v) is 1.17. The van der Waals surface area contributed by atoms with E-state index in [4.69, 9.17) is 10.6 Å². The Labute approximate surface area is 86.1 Å². The minimum absolute atomic E-state index is 0.00424. The van der Waals surface area contributed by atoms with Crippen molar-refractivity contribution in [3.05, 3.63) is 29.8 Å². The normalized spacial score (nSPS) is 15.0. The van der Waals surface area contributed by atoms with E-state index in [1.807, 2.05) is 0 Å². The Hall–Kier alpha value is -2.08. The molecule has 0 aromatic heterocycles. The Morgan fingerprint density at radius 2 is 2.13 bits per heavy atom. The molecule has 1 aliphatic heterocycles. The smallest absolute Gasteiger partial charge is 0.278 e. The van der Waals surface area contributed by atoms with E-state index in [0.29, 0.717) is 5.90 Å². The number of benzene rings is 1. The van der Waals surface area contributed by atoms with Crippen LogP contribution in [-0.4, -0.2) is 18.4 Å². The minimum atomic E-state index is -0.251. The molecule has 0 aliphatic carbocycles. The van der Waals surface area contributed by atoms with Gasteiger partial charge in [0.15, 0.2) is 6.61 Å². The van der Waals surface area contributed by atoms with Crippen molar-refractivity contribution >= 4 is 17.5 Å². The highest BCUT2D eigenvalue weighted by Crippen LogP contribution is 2.10. The maximum absolute atomic E-state index is 10.8. The topological polar surface area (TPSA) is 88.7 Å². The van der Waals surface area contributed by atoms with E-state index in [2.05, 4.69) is 16.0 Å². The van der Waals surface area contributed by atoms with Crippen molar-refractivity contribution in [1.29, 1.82) is 0 Å². The van der Waals surface area contributed by atoms with Gasteiger partial charge in [0.25, 0.3) is 5.91 Å². The summed E-state index contributed by atoms with van der Waals surface area (Å²) in [5, 5.41) is 3.78. The van der Waals surface area contributed by atoms with Gasteiger partial charge in [0.1, 0.15) is 0 Å². The lowest BCUT2D eigenvalue weighted by molar-refractivity contribution is -0.124. The van der Waals surface area contributed by atoms with Crippen molar-refractivity contribution in [2.24, 2.45) is 10.9 Å². The largest absolute Gasteiger partial charge is 0.466 e. The summed E-state index contributed by atoms with van der Waals surface area (Å²) in [5.74, 6) is 5.38. The van der Waals surface area contributed by atoms with Gasteiger partial charge in [-0.2, -0.15) is 0 Å². The first-order chi connectivity index (χ1) is 7.29. The van der Waals surface area contributed by atoms with E-state index >= 15 is 0 Å². The molecule has 0 spiro atoms. The molecule has 1 amide bonds. The third-order valence-electron chi connectivity index (χ3n) is 1.92. The lowest BCUT2D eigenvalue weighted by Gasteiger charge is -2.13. The predicted octanol–water partition coefficient (Wildman–Crippen LogP) is -0.220. The van der Waals surface area contributed by atoms with Crippen LogP contribution >= 0.6 is 0 Å². The van der Waals surface area contributed by atoms with Gasteiger partial charge < -0.3 is 10.2 Å². The molecular weight excluding hydrogens is 196 g/mol. The van der Waals surface area contributed by atoms with Crippen LogP contribution in [0, 0.1) is 0 Å². The number of nitrogens with two attached hydrogens (primary N) is 1. The molecule has 0 bridgehead atoms. The number of nitrogens with zero attached hydrogens (tertiary/aromatic N) is 1. The number of rotatable bonds is 2. The summed E-state index contributed by atoms with van der Waals surface area (Å²) in [6.45, 7) is -0.00424. The quantitative estimate of drug-likeness (QED) is 0.461. The summed E-state index contributed by atoms with van der Waals surface area (Å²) in [6.07, 6.45) is 0. The number of carbonyl (C=O) groups excluding carboxylic acids is 1. The summed E-state index contributed by atoms with van der Waals surface area (Å²) in [4.78, 5) is 10.8. The molecule has 1 aromatic carbocycles. The second-order valence-electron chi connectivity index (χ2n) is 2.96. The first-order valence-electron chi connectivity index (χ1n) is 4.36. The summed E-state index contributed by atoms with van der Waals surface area (Å²) in [5.41, 5.74) is 6.43. The van der Waals surface area contributed by atoms with Crippen molar-refractivity contribution in [2.75, 3.05) is 12.0 Å². The number of nitrogens with one attached hydrogen (secondary N) is 2. The van der Waals surface area contributed by atoms with Gasteiger partial charge in [0, 0.05) is 11.3 Å². The Bertz CT molecular complexity index is 399. The zero-order chi connectivity index (χ0) is 10.7. The molecule has 0 fully saturated rings. The summed E-state index contributed by atoms with van der Waals surface area (Å²) in [6, 6.07) is 7.17. The van der Waals surface area contributed by atoms with Gasteiger partial charge in [-0.25, -0.2) is 5.43 Å². The maximum atomic E-state index is 10.8. The molecule has 6 nitrogen and oxygen atoms in total. The van der Waals surface area contributed by atoms with Crippen LogP contribution in [0.1, 0.15) is 5.56 Å². The number of hydrogen-bond acceptors (Lipinski definition) is 5. The molecule has 4 N–H and O–H groups in total. The van der Waals surface area contributed by atoms with E-state index < -0.39 is 0 Å². The zero-order valence-electron chi connectivity index (χ0n) is 7.86. The molecule has 15 heavy (non-hydrogen) atoms. The van der Waals surface area contributed by atoms with Crippen LogP contribution in [0.4, 0.5) is 5.69 Å². The molecule has 6 heteroatoms. The van der Waals surface area contributed by atoms with E-state index in [0.717, 1.165) is 11.3 Å². The van der Waals surface area contributed by atoms with Crippen LogP contribution in [0.2, 0.25) is 0 Å². The molecular formula is C9H10N4O2. The van der Waals surface area contributed by atoms with Crippen molar-refractivity contribution in [3.8, 4) is 0 Å². The van der Waals surface area contributed by atoms with Crippen LogP contribution in [-0.2, 0) is 9.53 Å². The molecule has 2 rings (SSSR count). The number of amides is 1. The van der Waals surface area contributed by atoms with Crippen LogP contribution < -0.4 is 16.7 Å². The van der Waals surface area contributed by atoms with Crippen molar-refractivity contribution in [1.82, 2.24) is 5.43 Å². The Morgan fingerprint density at radius 1 is 1.40 bits per heavy atom. The number of hydrazone groups is 1. The third kappa shape index (κ3) is 2.05. The molecule has 0 saturated carbocycles. The SMILES string of the molecule is NNc1ccc(C2=NNC(=O)CO2)cc1. The van der Waals surface area contributed by atoms with E-state index in [1.54, 1.807) is 24.3 Å². The molecule has 1 aromatic rings. The number of hydrogen-bond donors (Lipinski definition) is 3. The maximum Gasteiger partial charge on any atom is 0.278 e. The van der Waals surface area contributed by atoms with Gasteiger partial charge in [0.05, 0.1) is 0 Å². The Kier molecular flexibility index (Phi) is 2.51. The first kappa shape index (κ1) is 9.47. The van der Waals surface area contributed by atoms with Crippen LogP contribution in [0.3, 0.4) is 0 Å². The molecule has 1 aliphatic rings. The van der Waals surface area contributed by atoms with Gasteiger partial charge in [-0.3, -0.25) is 10.6 Å². The van der Waals surface area contributed by atoms with E-state index in [1.165, 1.54) is 0 Å². The summed E-state index contributed by atoms with van der Waals surface area (Å²) >= 11 is 0. The fraction of sp³-hybridized carbons (Fsp3) is 0.111. The average molecular weight is 206 g/mol. The molecule has 78 valence electrons. The highest BCUT2D eigenvalue weighted by atomic mass is 16.5. The highest BCUT2D eigenvalue weighted by molar-refractivity contribution is 5.98. The number of nitrogen functional groups attached to an aromatic ring is 1. The summed E-state index contributed by atoms with van der Waals surface area (Å²) in [7, 11) is 0. The molecule has 0 saturated heterocycles. The standard InChI is InChI=1S/C9H10N4O2/c10-11-7-3-1-6(2-4-7)9-13-12-8(14)5-15-9/h1-4,11H,5,10H2,(H,12,14). The van der Waals surface area contributed by atoms with Crippen LogP contribution in [0.25, 0.3) is 0 Å². The number of carbonyl (C=O) groups is 1. The Morgan fingerprint density at radius 3 is 2.67 bits per heavy atom. The number of hydrazine groups is 1. The fourth-order valence-electron chi connectivity index (χ4n) is 1.17. The van der Waals surface area contributed by atoms with Crippen molar-refractivity contribution in [2.45, 2.75) is 0 Å². The van der Waals surface area contributed by atoms with Crippen molar-refractivity contribution in [3.63, 3.8) is 0 Å². The second-order valence-corrected chi connectivity index (χ2v) is 2.96. The Balaban J connectivity index is 2.19. The molecule has 0 unspecified atom stereocenters. The third-order valence-corrected chi connectivity index (χ3v) is 1.92. The predicted molar refractivity (Wildman–Crippen MR) is 54.9 cm³/mol. The second kappa shape index (κ2) is 3.97. The lowest BCUT2D eigenvalue weighted by Crippen LogP contribution is -2.32. The monoisotopic (exact) mass is 206 g/mol. The molecule has 0 radical (unpaired) electrons. The van der Waals surface area contributed by atoms with Crippen molar-refractivity contribution < 1.29 is 9.53 Å². The van der Waals surface area contributed by atoms with Gasteiger partial charge in [-0.1, -0.05) is 0 Å². The zero-order valence-corrected chi connectivity index (χ0v) is 7.86. The first-order valence-corrected chi connectivity index (χ1v) is 4.36. The van der Waals surface area contributed by atoms with E-state index in [9.17, 15) is 4.79 Å². The van der Waals surface area contributed by atoms with Gasteiger partial charge >= 0.3 is 0 Å². The van der Waals surface area contributed by atoms with Gasteiger partial charge in [0.2, 0.25) is 5.90 Å². The van der Waals surface area contributed by atoms with Gasteiger partial charge in [-0.05, 0) is 24.3 Å². The molecule has 1 heterocycles. The van der Waals surface area contributed by atoms with Gasteiger partial charge in [-0.15, -0.1) is 5.10 Å². The lowest BCUT2D eigenvalue weighted by atomic mass is 10.2. The highest BCUT2D eigenvalue weighted by Gasteiger charge is 2.13. The number of ether oxygens (including phenoxy) is 1. The minimum Gasteiger partial charge on any atom is -0.466 e. The van der Waals surface area contributed by atoms with Crippen LogP contribution in [0.5, 0.6) is 0 Å². The summed E-state index contributed by atoms with van der Waals surface area (Å²) < 4.78 is 5.14. The molecule has 0 atom stereocenters.